The maximum absolute atomic E-state index is 12.2. The summed E-state index contributed by atoms with van der Waals surface area (Å²) in [6, 6.07) is 14.0. The van der Waals surface area contributed by atoms with Crippen LogP contribution in [0.3, 0.4) is 0 Å². The molecule has 1 heterocycles. The summed E-state index contributed by atoms with van der Waals surface area (Å²) < 4.78 is 25.4. The van der Waals surface area contributed by atoms with Crippen molar-refractivity contribution in [1.29, 1.82) is 0 Å². The maximum atomic E-state index is 12.2. The molecule has 0 bridgehead atoms. The third-order valence-electron chi connectivity index (χ3n) is 3.83. The molecule has 1 saturated heterocycles. The number of hydrogen-bond donors (Lipinski definition) is 1. The molecule has 1 N–H and O–H groups in total. The molecule has 1 aliphatic heterocycles. The summed E-state index contributed by atoms with van der Waals surface area (Å²) >= 11 is 6.06. The summed E-state index contributed by atoms with van der Waals surface area (Å²) in [5.74, 6) is -0.0413. The largest absolute Gasteiger partial charge is 0.326 e. The zero-order chi connectivity index (χ0) is 17.2. The molecule has 0 atom stereocenters. The van der Waals surface area contributed by atoms with Gasteiger partial charge in [-0.2, -0.15) is 0 Å². The minimum atomic E-state index is -3.24. The zero-order valence-corrected chi connectivity index (χ0v) is 14.5. The molecule has 2 aromatic rings. The number of benzene rings is 2. The molecule has 7 heteroatoms. The summed E-state index contributed by atoms with van der Waals surface area (Å²) in [5, 5.41) is 3.34. The van der Waals surface area contributed by atoms with Crippen LogP contribution in [0.4, 0.5) is 11.4 Å². The topological polar surface area (TPSA) is 66.5 Å². The van der Waals surface area contributed by atoms with Crippen LogP contribution in [0, 0.1) is 0 Å². The quantitative estimate of drug-likeness (QED) is 0.906. The Labute approximate surface area is 146 Å². The van der Waals surface area contributed by atoms with Crippen LogP contribution in [0.15, 0.2) is 48.5 Å². The van der Waals surface area contributed by atoms with Crippen molar-refractivity contribution in [2.45, 2.75) is 12.8 Å². The fourth-order valence-electron chi connectivity index (χ4n) is 2.69. The van der Waals surface area contributed by atoms with E-state index in [0.717, 1.165) is 5.56 Å². The Hall–Kier alpha value is -2.05. The molecular formula is C17H17ClN2O3S. The average Bonchev–Trinajstić information content (AvgIpc) is 2.89. The first-order valence-electron chi connectivity index (χ1n) is 7.59. The summed E-state index contributed by atoms with van der Waals surface area (Å²) in [6.45, 7) is 0.472. The third kappa shape index (κ3) is 3.71. The molecule has 3 rings (SSSR count). The monoisotopic (exact) mass is 364 g/mol. The van der Waals surface area contributed by atoms with Gasteiger partial charge in [0.15, 0.2) is 0 Å². The second-order valence-electron chi connectivity index (χ2n) is 5.61. The second-order valence-corrected chi connectivity index (χ2v) is 8.03. The number of nitrogens with zero attached hydrogens (tertiary/aromatic N) is 1. The van der Waals surface area contributed by atoms with E-state index >= 15 is 0 Å². The summed E-state index contributed by atoms with van der Waals surface area (Å²) in [7, 11) is -3.24. The number of hydrogen-bond acceptors (Lipinski definition) is 3. The van der Waals surface area contributed by atoms with E-state index in [2.05, 4.69) is 5.32 Å². The van der Waals surface area contributed by atoms with Gasteiger partial charge in [0.05, 0.1) is 17.9 Å². The fraction of sp³-hybridized carbons (Fsp3) is 0.235. The van der Waals surface area contributed by atoms with Gasteiger partial charge in [-0.25, -0.2) is 8.42 Å². The number of nitrogens with one attached hydrogen (secondary N) is 1. The Balaban J connectivity index is 1.73. The predicted octanol–water partition coefficient (Wildman–Crippen LogP) is 3.06. The van der Waals surface area contributed by atoms with Gasteiger partial charge < -0.3 is 5.32 Å². The lowest BCUT2D eigenvalue weighted by Gasteiger charge is -2.17. The maximum Gasteiger partial charge on any atom is 0.235 e. The van der Waals surface area contributed by atoms with Gasteiger partial charge in [-0.3, -0.25) is 9.10 Å². The molecule has 1 aliphatic rings. The van der Waals surface area contributed by atoms with Gasteiger partial charge in [0.25, 0.3) is 0 Å². The van der Waals surface area contributed by atoms with Crippen LogP contribution in [0.5, 0.6) is 0 Å². The SMILES string of the molecule is O=C(Cc1ccccc1Cl)Nc1cccc(N2CCCS2(=O)=O)c1. The number of sulfonamides is 1. The first-order valence-corrected chi connectivity index (χ1v) is 9.58. The Kier molecular flexibility index (Phi) is 4.78. The van der Waals surface area contributed by atoms with Crippen molar-refractivity contribution in [3.8, 4) is 0 Å². The molecule has 0 radical (unpaired) electrons. The van der Waals surface area contributed by atoms with Crippen LogP contribution in [0.2, 0.25) is 5.02 Å². The second kappa shape index (κ2) is 6.83. The third-order valence-corrected chi connectivity index (χ3v) is 6.06. The summed E-state index contributed by atoms with van der Waals surface area (Å²) in [4.78, 5) is 12.2. The summed E-state index contributed by atoms with van der Waals surface area (Å²) in [5.41, 5.74) is 1.88. The zero-order valence-electron chi connectivity index (χ0n) is 12.9. The Morgan fingerprint density at radius 2 is 1.96 bits per heavy atom. The lowest BCUT2D eigenvalue weighted by molar-refractivity contribution is -0.115. The van der Waals surface area contributed by atoms with Crippen molar-refractivity contribution in [2.24, 2.45) is 0 Å². The standard InChI is InChI=1S/C17H17ClN2O3S/c18-16-8-2-1-5-13(16)11-17(21)19-14-6-3-7-15(12-14)20-9-4-10-24(20,22)23/h1-3,5-8,12H,4,9-11H2,(H,19,21). The normalized spacial score (nSPS) is 16.1. The van der Waals surface area contributed by atoms with Gasteiger partial charge in [-0.1, -0.05) is 35.9 Å². The first-order chi connectivity index (χ1) is 11.5. The fourth-order valence-corrected chi connectivity index (χ4v) is 4.45. The van der Waals surface area contributed by atoms with Gasteiger partial charge >= 0.3 is 0 Å². The van der Waals surface area contributed by atoms with Gasteiger partial charge in [0, 0.05) is 17.3 Å². The number of amides is 1. The molecule has 1 fully saturated rings. The van der Waals surface area contributed by atoms with E-state index in [9.17, 15) is 13.2 Å². The van der Waals surface area contributed by atoms with Gasteiger partial charge in [-0.15, -0.1) is 0 Å². The van der Waals surface area contributed by atoms with Gasteiger partial charge in [0.2, 0.25) is 15.9 Å². The highest BCUT2D eigenvalue weighted by atomic mass is 35.5. The van der Waals surface area contributed by atoms with E-state index < -0.39 is 10.0 Å². The van der Waals surface area contributed by atoms with Crippen LogP contribution >= 0.6 is 11.6 Å². The van der Waals surface area contributed by atoms with Crippen LogP contribution in [0.1, 0.15) is 12.0 Å². The van der Waals surface area contributed by atoms with Crippen molar-refractivity contribution in [3.63, 3.8) is 0 Å². The lowest BCUT2D eigenvalue weighted by atomic mass is 10.1. The number of halogens is 1. The Morgan fingerprint density at radius 1 is 1.17 bits per heavy atom. The number of carbonyl (C=O) groups excluding carboxylic acids is 1. The minimum absolute atomic E-state index is 0.159. The average molecular weight is 365 g/mol. The predicted molar refractivity (Wildman–Crippen MR) is 96.0 cm³/mol. The summed E-state index contributed by atoms with van der Waals surface area (Å²) in [6.07, 6.45) is 0.775. The smallest absolute Gasteiger partial charge is 0.235 e. The van der Waals surface area contributed by atoms with E-state index in [-0.39, 0.29) is 18.1 Å². The molecule has 24 heavy (non-hydrogen) atoms. The molecule has 0 aliphatic carbocycles. The molecular weight excluding hydrogens is 348 g/mol. The minimum Gasteiger partial charge on any atom is -0.326 e. The Bertz CT molecular complexity index is 868. The highest BCUT2D eigenvalue weighted by Crippen LogP contribution is 2.26. The molecule has 1 amide bonds. The molecule has 5 nitrogen and oxygen atoms in total. The molecule has 0 spiro atoms. The van der Waals surface area contributed by atoms with E-state index in [1.54, 1.807) is 36.4 Å². The van der Waals surface area contributed by atoms with Crippen molar-refractivity contribution >= 4 is 38.9 Å². The van der Waals surface area contributed by atoms with Gasteiger partial charge in [-0.05, 0) is 36.2 Å². The van der Waals surface area contributed by atoms with Crippen molar-refractivity contribution in [1.82, 2.24) is 0 Å². The van der Waals surface area contributed by atoms with Gasteiger partial charge in [0.1, 0.15) is 0 Å². The highest BCUT2D eigenvalue weighted by Gasteiger charge is 2.28. The first kappa shape index (κ1) is 16.8. The number of rotatable bonds is 4. The van der Waals surface area contributed by atoms with Crippen LogP contribution in [0.25, 0.3) is 0 Å². The van der Waals surface area contributed by atoms with Crippen molar-refractivity contribution in [3.05, 3.63) is 59.1 Å². The molecule has 2 aromatic carbocycles. The molecule has 0 unspecified atom stereocenters. The van der Waals surface area contributed by atoms with E-state index in [1.165, 1.54) is 4.31 Å². The molecule has 0 aromatic heterocycles. The number of anilines is 2. The van der Waals surface area contributed by atoms with Crippen LogP contribution in [-0.2, 0) is 21.2 Å². The van der Waals surface area contributed by atoms with Crippen molar-refractivity contribution in [2.75, 3.05) is 21.9 Å². The lowest BCUT2D eigenvalue weighted by Crippen LogP contribution is -2.25. The molecule has 126 valence electrons. The van der Waals surface area contributed by atoms with Crippen LogP contribution < -0.4 is 9.62 Å². The van der Waals surface area contributed by atoms with E-state index in [1.807, 2.05) is 12.1 Å². The Morgan fingerprint density at radius 3 is 2.67 bits per heavy atom. The number of carbonyl (C=O) groups is 1. The van der Waals surface area contributed by atoms with Crippen molar-refractivity contribution < 1.29 is 13.2 Å². The highest BCUT2D eigenvalue weighted by molar-refractivity contribution is 7.93. The van der Waals surface area contributed by atoms with Crippen LogP contribution in [-0.4, -0.2) is 26.6 Å². The van der Waals surface area contributed by atoms with E-state index in [0.29, 0.717) is 29.4 Å². The van der Waals surface area contributed by atoms with E-state index in [4.69, 9.17) is 11.6 Å². The molecule has 0 saturated carbocycles.